The highest BCUT2D eigenvalue weighted by molar-refractivity contribution is 5.78. The van der Waals surface area contributed by atoms with Crippen molar-refractivity contribution >= 4 is 5.96 Å². The molecule has 0 bridgehead atoms. The molecule has 4 heteroatoms. The van der Waals surface area contributed by atoms with Crippen molar-refractivity contribution in [3.05, 3.63) is 0 Å². The van der Waals surface area contributed by atoms with Crippen LogP contribution in [0.1, 0.15) is 51.4 Å². The van der Waals surface area contributed by atoms with Crippen molar-refractivity contribution in [2.75, 3.05) is 13.2 Å². The summed E-state index contributed by atoms with van der Waals surface area (Å²) in [5.41, 5.74) is 5.89. The molecule has 2 aliphatic rings. The Morgan fingerprint density at radius 3 is 2.71 bits per heavy atom. The van der Waals surface area contributed by atoms with E-state index >= 15 is 0 Å². The van der Waals surface area contributed by atoms with Crippen LogP contribution in [0.5, 0.6) is 0 Å². The number of aliphatic imine (C=N–C) groups is 1. The van der Waals surface area contributed by atoms with E-state index in [1.54, 1.807) is 0 Å². The summed E-state index contributed by atoms with van der Waals surface area (Å²) in [6.45, 7) is 1.71. The van der Waals surface area contributed by atoms with E-state index in [0.29, 0.717) is 18.1 Å². The first-order valence-electron chi connectivity index (χ1n) is 7.02. The molecule has 1 saturated heterocycles. The summed E-state index contributed by atoms with van der Waals surface area (Å²) in [6.07, 6.45) is 10.3. The Morgan fingerprint density at radius 1 is 1.18 bits per heavy atom. The van der Waals surface area contributed by atoms with Crippen molar-refractivity contribution in [1.29, 1.82) is 0 Å². The molecule has 1 saturated carbocycles. The molecule has 3 N–H and O–H groups in total. The fourth-order valence-corrected chi connectivity index (χ4v) is 2.70. The van der Waals surface area contributed by atoms with Crippen LogP contribution in [-0.4, -0.2) is 31.3 Å². The van der Waals surface area contributed by atoms with Gasteiger partial charge in [-0.1, -0.05) is 19.3 Å². The lowest BCUT2D eigenvalue weighted by Gasteiger charge is -2.23. The van der Waals surface area contributed by atoms with Crippen LogP contribution in [0.3, 0.4) is 0 Å². The summed E-state index contributed by atoms with van der Waals surface area (Å²) in [7, 11) is 0. The molecule has 17 heavy (non-hydrogen) atoms. The highest BCUT2D eigenvalue weighted by Crippen LogP contribution is 2.17. The zero-order valence-electron chi connectivity index (χ0n) is 10.7. The maximum Gasteiger partial charge on any atom is 0.188 e. The van der Waals surface area contributed by atoms with Gasteiger partial charge >= 0.3 is 0 Å². The number of hydrogen-bond acceptors (Lipinski definition) is 2. The number of ether oxygens (including phenoxy) is 1. The number of nitrogens with two attached hydrogens (primary N) is 1. The highest BCUT2D eigenvalue weighted by atomic mass is 16.5. The van der Waals surface area contributed by atoms with Crippen LogP contribution < -0.4 is 11.1 Å². The predicted molar refractivity (Wildman–Crippen MR) is 70.1 cm³/mol. The van der Waals surface area contributed by atoms with Crippen molar-refractivity contribution in [2.45, 2.75) is 63.5 Å². The van der Waals surface area contributed by atoms with E-state index in [1.165, 1.54) is 44.9 Å². The second kappa shape index (κ2) is 6.84. The summed E-state index contributed by atoms with van der Waals surface area (Å²) in [5, 5.41) is 3.33. The van der Waals surface area contributed by atoms with Crippen LogP contribution >= 0.6 is 0 Å². The van der Waals surface area contributed by atoms with E-state index < -0.39 is 0 Å². The summed E-state index contributed by atoms with van der Waals surface area (Å²) in [5.74, 6) is 0.620. The van der Waals surface area contributed by atoms with Gasteiger partial charge in [0.2, 0.25) is 0 Å². The molecule has 1 aliphatic carbocycles. The second-order valence-corrected chi connectivity index (χ2v) is 5.17. The van der Waals surface area contributed by atoms with Gasteiger partial charge in [0.15, 0.2) is 5.96 Å². The molecular weight excluding hydrogens is 214 g/mol. The Bertz CT molecular complexity index is 243. The average Bonchev–Trinajstić information content (AvgIpc) is 2.83. The smallest absolute Gasteiger partial charge is 0.188 e. The summed E-state index contributed by atoms with van der Waals surface area (Å²) in [4.78, 5) is 4.39. The maximum absolute atomic E-state index is 5.89. The highest BCUT2D eigenvalue weighted by Gasteiger charge is 2.15. The first kappa shape index (κ1) is 12.7. The van der Waals surface area contributed by atoms with Crippen LogP contribution in [0.25, 0.3) is 0 Å². The minimum absolute atomic E-state index is 0.418. The van der Waals surface area contributed by atoms with Gasteiger partial charge in [-0.15, -0.1) is 0 Å². The molecule has 0 radical (unpaired) electrons. The molecule has 0 aromatic rings. The van der Waals surface area contributed by atoms with Gasteiger partial charge in [0.05, 0.1) is 6.10 Å². The van der Waals surface area contributed by atoms with Crippen LogP contribution in [0.15, 0.2) is 4.99 Å². The molecule has 0 aromatic heterocycles. The third kappa shape index (κ3) is 4.54. The van der Waals surface area contributed by atoms with Gasteiger partial charge in [0.25, 0.3) is 0 Å². The van der Waals surface area contributed by atoms with Crippen LogP contribution in [0, 0.1) is 0 Å². The number of guanidine groups is 1. The molecule has 0 spiro atoms. The van der Waals surface area contributed by atoms with Gasteiger partial charge in [-0.2, -0.15) is 0 Å². The quantitative estimate of drug-likeness (QED) is 0.581. The fourth-order valence-electron chi connectivity index (χ4n) is 2.70. The minimum atomic E-state index is 0.418. The Hall–Kier alpha value is -0.770. The van der Waals surface area contributed by atoms with E-state index in [4.69, 9.17) is 10.5 Å². The van der Waals surface area contributed by atoms with Gasteiger partial charge in [0, 0.05) is 19.2 Å². The summed E-state index contributed by atoms with van der Waals surface area (Å²) >= 11 is 0. The molecule has 2 fully saturated rings. The molecule has 98 valence electrons. The van der Waals surface area contributed by atoms with Crippen molar-refractivity contribution in [2.24, 2.45) is 10.7 Å². The predicted octanol–water partition coefficient (Wildman–Crippen LogP) is 1.79. The second-order valence-electron chi connectivity index (χ2n) is 5.17. The number of nitrogens with zero attached hydrogens (tertiary/aromatic N) is 1. The van der Waals surface area contributed by atoms with E-state index in [0.717, 1.165) is 19.6 Å². The largest absolute Gasteiger partial charge is 0.378 e. The van der Waals surface area contributed by atoms with Gasteiger partial charge in [-0.05, 0) is 32.1 Å². The Morgan fingerprint density at radius 2 is 2.00 bits per heavy atom. The van der Waals surface area contributed by atoms with E-state index in [-0.39, 0.29) is 0 Å². The molecule has 0 amide bonds. The molecule has 2 rings (SSSR count). The van der Waals surface area contributed by atoms with Crippen LogP contribution in [0.4, 0.5) is 0 Å². The normalized spacial score (nSPS) is 27.3. The lowest BCUT2D eigenvalue weighted by Crippen LogP contribution is -2.41. The Kier molecular flexibility index (Phi) is 5.10. The molecule has 0 aromatic carbocycles. The van der Waals surface area contributed by atoms with E-state index in [2.05, 4.69) is 10.3 Å². The topological polar surface area (TPSA) is 59.6 Å². The third-order valence-corrected chi connectivity index (χ3v) is 3.71. The zero-order valence-corrected chi connectivity index (χ0v) is 10.7. The standard InChI is InChI=1S/C13H25N3O/c14-13(16-11-5-2-1-3-6-11)15-9-8-12-7-4-10-17-12/h11-12H,1-10H2,(H3,14,15,16). The lowest BCUT2D eigenvalue weighted by atomic mass is 9.96. The average molecular weight is 239 g/mol. The van der Waals surface area contributed by atoms with Crippen molar-refractivity contribution < 1.29 is 4.74 Å². The first-order chi connectivity index (χ1) is 8.34. The number of hydrogen-bond donors (Lipinski definition) is 2. The van der Waals surface area contributed by atoms with Crippen LogP contribution in [-0.2, 0) is 4.74 Å². The van der Waals surface area contributed by atoms with E-state index in [1.807, 2.05) is 0 Å². The molecule has 4 nitrogen and oxygen atoms in total. The van der Waals surface area contributed by atoms with Crippen molar-refractivity contribution in [1.82, 2.24) is 5.32 Å². The maximum atomic E-state index is 5.89. The minimum Gasteiger partial charge on any atom is -0.378 e. The van der Waals surface area contributed by atoms with Crippen molar-refractivity contribution in [3.63, 3.8) is 0 Å². The molecule has 1 aliphatic heterocycles. The first-order valence-corrected chi connectivity index (χ1v) is 7.02. The monoisotopic (exact) mass is 239 g/mol. The Labute approximate surface area is 104 Å². The van der Waals surface area contributed by atoms with Crippen LogP contribution in [0.2, 0.25) is 0 Å². The molecular formula is C13H25N3O. The third-order valence-electron chi connectivity index (χ3n) is 3.71. The van der Waals surface area contributed by atoms with Gasteiger partial charge in [0.1, 0.15) is 0 Å². The van der Waals surface area contributed by atoms with Gasteiger partial charge in [-0.3, -0.25) is 4.99 Å². The molecule has 1 unspecified atom stereocenters. The number of nitrogens with one attached hydrogen (secondary N) is 1. The van der Waals surface area contributed by atoms with Crippen molar-refractivity contribution in [3.8, 4) is 0 Å². The summed E-state index contributed by atoms with van der Waals surface area (Å²) < 4.78 is 5.55. The summed E-state index contributed by atoms with van der Waals surface area (Å²) in [6, 6.07) is 0.551. The number of rotatable bonds is 4. The Balaban J connectivity index is 1.61. The molecule has 1 atom stereocenters. The lowest BCUT2D eigenvalue weighted by molar-refractivity contribution is 0.106. The SMILES string of the molecule is NC(=NCCC1CCCO1)NC1CCCCC1. The van der Waals surface area contributed by atoms with Gasteiger partial charge < -0.3 is 15.8 Å². The van der Waals surface area contributed by atoms with E-state index in [9.17, 15) is 0 Å². The molecule has 1 heterocycles. The zero-order chi connectivity index (χ0) is 11.9. The fraction of sp³-hybridized carbons (Fsp3) is 0.923. The van der Waals surface area contributed by atoms with Gasteiger partial charge in [-0.25, -0.2) is 0 Å².